The Bertz CT molecular complexity index is 913. The van der Waals surface area contributed by atoms with E-state index in [9.17, 15) is 22.0 Å². The van der Waals surface area contributed by atoms with Crippen molar-refractivity contribution in [3.63, 3.8) is 0 Å². The molecule has 1 amide bonds. The van der Waals surface area contributed by atoms with Gasteiger partial charge in [-0.1, -0.05) is 6.07 Å². The average Bonchev–Trinajstić information content (AvgIpc) is 2.97. The molecule has 1 fully saturated rings. The van der Waals surface area contributed by atoms with Crippen LogP contribution in [0.4, 0.5) is 20.2 Å². The molecule has 1 atom stereocenters. The Morgan fingerprint density at radius 1 is 1.23 bits per heavy atom. The molecule has 2 heterocycles. The average molecular weight is 381 g/mol. The fraction of sp³-hybridized carbons (Fsp3) is 0.294. The molecule has 0 spiro atoms. The van der Waals surface area contributed by atoms with E-state index < -0.39 is 27.4 Å². The minimum Gasteiger partial charge on any atom is -0.349 e. The van der Waals surface area contributed by atoms with E-state index in [1.54, 1.807) is 0 Å². The minimum absolute atomic E-state index is 0.0541. The van der Waals surface area contributed by atoms with Gasteiger partial charge in [-0.3, -0.25) is 4.79 Å². The monoisotopic (exact) mass is 381 g/mol. The summed E-state index contributed by atoms with van der Waals surface area (Å²) in [5.74, 6) is -1.88. The van der Waals surface area contributed by atoms with Gasteiger partial charge in [-0.15, -0.1) is 0 Å². The molecule has 0 bridgehead atoms. The molecule has 1 unspecified atom stereocenters. The fourth-order valence-electron chi connectivity index (χ4n) is 2.78. The first kappa shape index (κ1) is 18.2. The summed E-state index contributed by atoms with van der Waals surface area (Å²) in [5, 5.41) is 2.58. The molecule has 0 aliphatic carbocycles. The van der Waals surface area contributed by atoms with Crippen LogP contribution >= 0.6 is 0 Å². The summed E-state index contributed by atoms with van der Waals surface area (Å²) in [6, 6.07) is 6.03. The lowest BCUT2D eigenvalue weighted by atomic mass is 10.2. The normalized spacial score (nSPS) is 18.5. The molecule has 1 aromatic carbocycles. The van der Waals surface area contributed by atoms with Crippen molar-refractivity contribution in [3.05, 3.63) is 53.9 Å². The number of aromatic nitrogens is 1. The van der Waals surface area contributed by atoms with Crippen LogP contribution in [0, 0.1) is 11.6 Å². The number of nitrogens with zero attached hydrogens (tertiary/aromatic N) is 2. The van der Waals surface area contributed by atoms with Crippen LogP contribution in [-0.4, -0.2) is 48.8 Å². The van der Waals surface area contributed by atoms with Crippen molar-refractivity contribution in [2.45, 2.75) is 12.5 Å². The van der Waals surface area contributed by atoms with Crippen LogP contribution in [0.1, 0.15) is 16.9 Å². The Balaban J connectivity index is 1.72. The number of amides is 1. The van der Waals surface area contributed by atoms with E-state index in [0.717, 1.165) is 12.1 Å². The number of para-hydroxylation sites is 1. The zero-order chi connectivity index (χ0) is 18.9. The van der Waals surface area contributed by atoms with Crippen LogP contribution in [0.3, 0.4) is 0 Å². The van der Waals surface area contributed by atoms with Gasteiger partial charge < -0.3 is 10.2 Å². The molecule has 0 saturated carbocycles. The number of carbonyl (C=O) groups excluding carboxylic acids is 1. The zero-order valence-corrected chi connectivity index (χ0v) is 14.8. The number of nitrogens with one attached hydrogen (secondary N) is 1. The standard InChI is InChI=1S/C17H17F2N3O3S/c1-22(12-7-8-26(24,25)10-12)17(23)15-6-5-11(9-20-15)21-16-13(18)3-2-4-14(16)19/h2-6,9,12,21H,7-8,10H2,1H3. The second kappa shape index (κ2) is 6.99. The van der Waals surface area contributed by atoms with Gasteiger partial charge in [0.2, 0.25) is 0 Å². The van der Waals surface area contributed by atoms with Crippen molar-refractivity contribution >= 4 is 27.1 Å². The van der Waals surface area contributed by atoms with Crippen LogP contribution in [0.5, 0.6) is 0 Å². The number of anilines is 2. The second-order valence-electron chi connectivity index (χ2n) is 6.13. The zero-order valence-electron chi connectivity index (χ0n) is 13.9. The highest BCUT2D eigenvalue weighted by atomic mass is 32.2. The van der Waals surface area contributed by atoms with Crippen molar-refractivity contribution in [1.29, 1.82) is 0 Å². The number of hydrogen-bond donors (Lipinski definition) is 1. The molecule has 1 aliphatic heterocycles. The summed E-state index contributed by atoms with van der Waals surface area (Å²) in [6.45, 7) is 0. The topological polar surface area (TPSA) is 79.4 Å². The van der Waals surface area contributed by atoms with Gasteiger partial charge in [0.15, 0.2) is 9.84 Å². The van der Waals surface area contributed by atoms with E-state index >= 15 is 0 Å². The first-order valence-electron chi connectivity index (χ1n) is 7.91. The maximum atomic E-state index is 13.7. The largest absolute Gasteiger partial charge is 0.349 e. The van der Waals surface area contributed by atoms with E-state index in [1.165, 1.54) is 36.3 Å². The van der Waals surface area contributed by atoms with Crippen molar-refractivity contribution in [2.24, 2.45) is 0 Å². The van der Waals surface area contributed by atoms with E-state index in [2.05, 4.69) is 10.3 Å². The molecule has 1 aliphatic rings. The van der Waals surface area contributed by atoms with Crippen LogP contribution < -0.4 is 5.32 Å². The van der Waals surface area contributed by atoms with Crippen LogP contribution in [-0.2, 0) is 9.84 Å². The molecule has 2 aromatic rings. The Kier molecular flexibility index (Phi) is 4.90. The van der Waals surface area contributed by atoms with Gasteiger partial charge in [0.25, 0.3) is 5.91 Å². The molecule has 9 heteroatoms. The van der Waals surface area contributed by atoms with E-state index in [-0.39, 0.29) is 28.9 Å². The van der Waals surface area contributed by atoms with Gasteiger partial charge in [-0.25, -0.2) is 22.2 Å². The van der Waals surface area contributed by atoms with Crippen LogP contribution in [0.15, 0.2) is 36.5 Å². The quantitative estimate of drug-likeness (QED) is 0.880. The highest BCUT2D eigenvalue weighted by Crippen LogP contribution is 2.23. The number of carbonyl (C=O) groups is 1. The second-order valence-corrected chi connectivity index (χ2v) is 8.36. The molecular weight excluding hydrogens is 364 g/mol. The summed E-state index contributed by atoms with van der Waals surface area (Å²) in [5.41, 5.74) is 0.134. The van der Waals surface area contributed by atoms with Gasteiger partial charge in [0.05, 0.1) is 23.4 Å². The maximum absolute atomic E-state index is 13.7. The molecule has 3 rings (SSSR count). The molecule has 0 radical (unpaired) electrons. The third-order valence-corrected chi connectivity index (χ3v) is 6.04. The third kappa shape index (κ3) is 3.82. The first-order valence-corrected chi connectivity index (χ1v) is 9.73. The fourth-order valence-corrected chi connectivity index (χ4v) is 4.56. The Hall–Kier alpha value is -2.55. The number of hydrogen-bond acceptors (Lipinski definition) is 5. The van der Waals surface area contributed by atoms with Crippen LogP contribution in [0.2, 0.25) is 0 Å². The SMILES string of the molecule is CN(C(=O)c1ccc(Nc2c(F)cccc2F)cn1)C1CCS(=O)(=O)C1. The maximum Gasteiger partial charge on any atom is 0.272 e. The number of rotatable bonds is 4. The van der Waals surface area contributed by atoms with Crippen LogP contribution in [0.25, 0.3) is 0 Å². The molecule has 1 aromatic heterocycles. The Morgan fingerprint density at radius 2 is 1.92 bits per heavy atom. The number of halogens is 2. The summed E-state index contributed by atoms with van der Waals surface area (Å²) in [7, 11) is -1.56. The number of pyridine rings is 1. The lowest BCUT2D eigenvalue weighted by Gasteiger charge is -2.23. The first-order chi connectivity index (χ1) is 12.3. The summed E-state index contributed by atoms with van der Waals surface area (Å²) >= 11 is 0. The highest BCUT2D eigenvalue weighted by molar-refractivity contribution is 7.91. The van der Waals surface area contributed by atoms with Gasteiger partial charge in [0.1, 0.15) is 23.0 Å². The van der Waals surface area contributed by atoms with Crippen molar-refractivity contribution < 1.29 is 22.0 Å². The van der Waals surface area contributed by atoms with Gasteiger partial charge in [-0.05, 0) is 30.7 Å². The number of benzene rings is 1. The van der Waals surface area contributed by atoms with E-state index in [1.807, 2.05) is 0 Å². The smallest absolute Gasteiger partial charge is 0.272 e. The molecule has 1 saturated heterocycles. The lowest BCUT2D eigenvalue weighted by Crippen LogP contribution is -2.38. The van der Waals surface area contributed by atoms with Crippen molar-refractivity contribution in [1.82, 2.24) is 9.88 Å². The van der Waals surface area contributed by atoms with Crippen molar-refractivity contribution in [3.8, 4) is 0 Å². The lowest BCUT2D eigenvalue weighted by molar-refractivity contribution is 0.0742. The summed E-state index contributed by atoms with van der Waals surface area (Å²) in [4.78, 5) is 17.8. The summed E-state index contributed by atoms with van der Waals surface area (Å²) < 4.78 is 50.4. The number of sulfone groups is 1. The summed E-state index contributed by atoms with van der Waals surface area (Å²) in [6.07, 6.45) is 1.69. The molecule has 1 N–H and O–H groups in total. The van der Waals surface area contributed by atoms with Gasteiger partial charge in [-0.2, -0.15) is 0 Å². The Morgan fingerprint density at radius 3 is 2.46 bits per heavy atom. The molecule has 6 nitrogen and oxygen atoms in total. The minimum atomic E-state index is -3.10. The predicted octanol–water partition coefficient (Wildman–Crippen LogP) is 2.36. The highest BCUT2D eigenvalue weighted by Gasteiger charge is 2.33. The molecular formula is C17H17F2N3O3S. The van der Waals surface area contributed by atoms with Crippen molar-refractivity contribution in [2.75, 3.05) is 23.9 Å². The van der Waals surface area contributed by atoms with Gasteiger partial charge >= 0.3 is 0 Å². The molecule has 138 valence electrons. The van der Waals surface area contributed by atoms with Gasteiger partial charge in [0, 0.05) is 13.1 Å². The third-order valence-electron chi connectivity index (χ3n) is 4.29. The van der Waals surface area contributed by atoms with E-state index in [4.69, 9.17) is 0 Å². The Labute approximate surface area is 149 Å². The predicted molar refractivity (Wildman–Crippen MR) is 93.0 cm³/mol. The van der Waals surface area contributed by atoms with E-state index in [0.29, 0.717) is 12.1 Å². The molecule has 26 heavy (non-hydrogen) atoms.